The number of aryl methyl sites for hydroxylation is 1. The van der Waals surface area contributed by atoms with Gasteiger partial charge in [0, 0.05) is 31.1 Å². The summed E-state index contributed by atoms with van der Waals surface area (Å²) < 4.78 is 10.5. The van der Waals surface area contributed by atoms with E-state index in [2.05, 4.69) is 5.32 Å². The van der Waals surface area contributed by atoms with Crippen LogP contribution < -0.4 is 14.8 Å². The summed E-state index contributed by atoms with van der Waals surface area (Å²) in [7, 11) is 3.14. The number of amides is 2. The summed E-state index contributed by atoms with van der Waals surface area (Å²) in [5.41, 5.74) is 1.06. The minimum Gasteiger partial charge on any atom is -0.504 e. The van der Waals surface area contributed by atoms with Crippen LogP contribution >= 0.6 is 0 Å². The molecule has 4 N–H and O–H groups in total. The maximum atomic E-state index is 12.6. The Morgan fingerprint density at radius 3 is 2.22 bits per heavy atom. The molecular weight excluding hydrogens is 416 g/mol. The van der Waals surface area contributed by atoms with Gasteiger partial charge in [-0.15, -0.1) is 0 Å². The number of rotatable bonds is 7. The number of carbonyl (C=O) groups is 2. The summed E-state index contributed by atoms with van der Waals surface area (Å²) >= 11 is 0. The predicted molar refractivity (Wildman–Crippen MR) is 116 cm³/mol. The number of ether oxygens (including phenoxy) is 2. The summed E-state index contributed by atoms with van der Waals surface area (Å²) in [5, 5.41) is 31.7. The fourth-order valence-corrected chi connectivity index (χ4v) is 3.73. The number of aromatic hydroxyl groups is 3. The molecule has 1 aliphatic heterocycles. The van der Waals surface area contributed by atoms with Crippen molar-refractivity contribution in [2.45, 2.75) is 31.7 Å². The first-order valence-corrected chi connectivity index (χ1v) is 10.4. The van der Waals surface area contributed by atoms with Crippen LogP contribution in [0.2, 0.25) is 0 Å². The molecule has 0 aromatic heterocycles. The Labute approximate surface area is 186 Å². The van der Waals surface area contributed by atoms with E-state index in [9.17, 15) is 24.9 Å². The first-order chi connectivity index (χ1) is 15.3. The summed E-state index contributed by atoms with van der Waals surface area (Å²) in [4.78, 5) is 26.6. The van der Waals surface area contributed by atoms with Crippen molar-refractivity contribution >= 4 is 11.8 Å². The van der Waals surface area contributed by atoms with Gasteiger partial charge in [-0.25, -0.2) is 0 Å². The molecule has 3 rings (SSSR count). The highest BCUT2D eigenvalue weighted by Crippen LogP contribution is 2.36. The fourth-order valence-electron chi connectivity index (χ4n) is 3.73. The van der Waals surface area contributed by atoms with Gasteiger partial charge in [-0.1, -0.05) is 6.07 Å². The number of nitrogens with one attached hydrogen (secondary N) is 1. The standard InChI is InChI=1S/C23H28N2O7/c1-31-19-5-3-14(11-20(19)32-2)4-6-21(28)24-16-7-9-25(10-8-16)23(30)15-12-17(26)22(29)18(27)13-15/h3,5,11-13,16,26-27,29H,4,6-10H2,1-2H3,(H,24,28). The zero-order valence-corrected chi connectivity index (χ0v) is 18.1. The predicted octanol–water partition coefficient (Wildman–Crippen LogP) is 2.17. The van der Waals surface area contributed by atoms with E-state index in [-0.39, 0.29) is 23.4 Å². The van der Waals surface area contributed by atoms with Crippen LogP contribution in [0.4, 0.5) is 0 Å². The van der Waals surface area contributed by atoms with Gasteiger partial charge in [0.2, 0.25) is 5.91 Å². The van der Waals surface area contributed by atoms with Gasteiger partial charge < -0.3 is 35.0 Å². The number of phenolic OH excluding ortho intramolecular Hbond substituents is 3. The van der Waals surface area contributed by atoms with E-state index in [1.807, 2.05) is 18.2 Å². The third-order valence-electron chi connectivity index (χ3n) is 5.55. The van der Waals surface area contributed by atoms with Crippen molar-refractivity contribution in [2.75, 3.05) is 27.3 Å². The highest BCUT2D eigenvalue weighted by Gasteiger charge is 2.25. The van der Waals surface area contributed by atoms with Crippen molar-refractivity contribution in [3.8, 4) is 28.7 Å². The second kappa shape index (κ2) is 10.1. The topological polar surface area (TPSA) is 129 Å². The number of nitrogens with zero attached hydrogens (tertiary/aromatic N) is 1. The van der Waals surface area contributed by atoms with Gasteiger partial charge in [0.25, 0.3) is 5.91 Å². The Bertz CT molecular complexity index is 961. The number of methoxy groups -OCH3 is 2. The highest BCUT2D eigenvalue weighted by molar-refractivity contribution is 5.95. The molecule has 1 aliphatic rings. The SMILES string of the molecule is COc1ccc(CCC(=O)NC2CCN(C(=O)c3cc(O)c(O)c(O)c3)CC2)cc1OC. The second-order valence-electron chi connectivity index (χ2n) is 7.69. The molecule has 0 bridgehead atoms. The van der Waals surface area contributed by atoms with Crippen molar-refractivity contribution in [2.24, 2.45) is 0 Å². The smallest absolute Gasteiger partial charge is 0.254 e. The van der Waals surface area contributed by atoms with Crippen LogP contribution in [0.5, 0.6) is 28.7 Å². The third-order valence-corrected chi connectivity index (χ3v) is 5.55. The molecule has 0 saturated carbocycles. The maximum Gasteiger partial charge on any atom is 0.254 e. The van der Waals surface area contributed by atoms with E-state index < -0.39 is 17.2 Å². The zero-order chi connectivity index (χ0) is 23.3. The molecule has 0 unspecified atom stereocenters. The monoisotopic (exact) mass is 444 g/mol. The van der Waals surface area contributed by atoms with E-state index in [1.54, 1.807) is 19.1 Å². The number of hydrogen-bond acceptors (Lipinski definition) is 7. The van der Waals surface area contributed by atoms with Crippen molar-refractivity contribution in [1.82, 2.24) is 10.2 Å². The molecule has 2 aromatic carbocycles. The minimum atomic E-state index is -0.656. The lowest BCUT2D eigenvalue weighted by Gasteiger charge is -2.32. The van der Waals surface area contributed by atoms with Crippen LogP contribution in [0, 0.1) is 0 Å². The van der Waals surface area contributed by atoms with Gasteiger partial charge in [0.05, 0.1) is 14.2 Å². The van der Waals surface area contributed by atoms with Crippen LogP contribution in [-0.4, -0.2) is 65.4 Å². The Morgan fingerprint density at radius 2 is 1.62 bits per heavy atom. The van der Waals surface area contributed by atoms with Crippen molar-refractivity contribution in [1.29, 1.82) is 0 Å². The van der Waals surface area contributed by atoms with Crippen molar-refractivity contribution < 1.29 is 34.4 Å². The molecule has 1 saturated heterocycles. The number of piperidine rings is 1. The molecule has 1 fully saturated rings. The molecule has 172 valence electrons. The van der Waals surface area contributed by atoms with Crippen molar-refractivity contribution in [3.63, 3.8) is 0 Å². The maximum absolute atomic E-state index is 12.6. The van der Waals surface area contributed by atoms with E-state index >= 15 is 0 Å². The molecule has 2 amide bonds. The molecule has 0 atom stereocenters. The summed E-state index contributed by atoms with van der Waals surface area (Å²) in [6.45, 7) is 0.865. The van der Waals surface area contributed by atoms with E-state index in [0.717, 1.165) is 17.7 Å². The molecule has 0 radical (unpaired) electrons. The van der Waals surface area contributed by atoms with Crippen LogP contribution in [0.3, 0.4) is 0 Å². The number of carbonyl (C=O) groups excluding carboxylic acids is 2. The van der Waals surface area contributed by atoms with Crippen molar-refractivity contribution in [3.05, 3.63) is 41.5 Å². The average molecular weight is 444 g/mol. The van der Waals surface area contributed by atoms with Crippen LogP contribution in [0.25, 0.3) is 0 Å². The Hall–Kier alpha value is -3.62. The first kappa shape index (κ1) is 23.1. The Kier molecular flexibility index (Phi) is 7.29. The molecule has 2 aromatic rings. The van der Waals surface area contributed by atoms with Gasteiger partial charge in [0.1, 0.15) is 0 Å². The molecule has 0 spiro atoms. The van der Waals surface area contributed by atoms with Gasteiger partial charge in [-0.3, -0.25) is 9.59 Å². The zero-order valence-electron chi connectivity index (χ0n) is 18.1. The lowest BCUT2D eigenvalue weighted by atomic mass is 10.0. The van der Waals surface area contributed by atoms with Crippen LogP contribution in [0.1, 0.15) is 35.2 Å². The Balaban J connectivity index is 1.47. The summed E-state index contributed by atoms with van der Waals surface area (Å²) in [6, 6.07) is 7.79. The fraction of sp³-hybridized carbons (Fsp3) is 0.391. The molecule has 0 aliphatic carbocycles. The summed E-state index contributed by atoms with van der Waals surface area (Å²) in [6.07, 6.45) is 2.10. The lowest BCUT2D eigenvalue weighted by Crippen LogP contribution is -2.46. The molecule has 1 heterocycles. The number of phenols is 3. The van der Waals surface area contributed by atoms with Gasteiger partial charge in [-0.05, 0) is 49.1 Å². The molecule has 9 heteroatoms. The first-order valence-electron chi connectivity index (χ1n) is 10.4. The Morgan fingerprint density at radius 1 is 1.00 bits per heavy atom. The number of hydrogen-bond donors (Lipinski definition) is 4. The lowest BCUT2D eigenvalue weighted by molar-refractivity contribution is -0.122. The number of likely N-dealkylation sites (tertiary alicyclic amines) is 1. The largest absolute Gasteiger partial charge is 0.504 e. The molecule has 9 nitrogen and oxygen atoms in total. The van der Waals surface area contributed by atoms with Gasteiger partial charge in [0.15, 0.2) is 28.7 Å². The van der Waals surface area contributed by atoms with Crippen LogP contribution in [-0.2, 0) is 11.2 Å². The molecule has 32 heavy (non-hydrogen) atoms. The second-order valence-corrected chi connectivity index (χ2v) is 7.69. The normalized spacial score (nSPS) is 14.1. The third kappa shape index (κ3) is 5.35. The van der Waals surface area contributed by atoms with E-state index in [1.165, 1.54) is 0 Å². The van der Waals surface area contributed by atoms with Gasteiger partial charge >= 0.3 is 0 Å². The summed E-state index contributed by atoms with van der Waals surface area (Å²) in [5.74, 6) is -0.907. The van der Waals surface area contributed by atoms with Crippen LogP contribution in [0.15, 0.2) is 30.3 Å². The molecular formula is C23H28N2O7. The average Bonchev–Trinajstić information content (AvgIpc) is 2.80. The van der Waals surface area contributed by atoms with E-state index in [0.29, 0.717) is 50.3 Å². The minimum absolute atomic E-state index is 0.0291. The highest BCUT2D eigenvalue weighted by atomic mass is 16.5. The quantitative estimate of drug-likeness (QED) is 0.482. The number of benzene rings is 2. The van der Waals surface area contributed by atoms with Gasteiger partial charge in [-0.2, -0.15) is 0 Å². The van der Waals surface area contributed by atoms with E-state index in [4.69, 9.17) is 9.47 Å².